The standard InChI is InChI=1S/C12H21N3O2/c1-12(2)10-13-8-11(17-12)9-16-7-6-15-5-3-4-14-15/h3-5,11,13H,6-10H2,1-2H3. The van der Waals surface area contributed by atoms with Crippen LogP contribution in [0.25, 0.3) is 0 Å². The summed E-state index contributed by atoms with van der Waals surface area (Å²) in [6.45, 7) is 8.05. The molecule has 96 valence electrons. The summed E-state index contributed by atoms with van der Waals surface area (Å²) >= 11 is 0. The highest BCUT2D eigenvalue weighted by atomic mass is 16.5. The van der Waals surface area contributed by atoms with Gasteiger partial charge < -0.3 is 14.8 Å². The van der Waals surface area contributed by atoms with Crippen molar-refractivity contribution in [3.05, 3.63) is 18.5 Å². The second kappa shape index (κ2) is 5.62. The Balaban J connectivity index is 1.62. The zero-order valence-corrected chi connectivity index (χ0v) is 10.6. The first-order chi connectivity index (χ1) is 8.16. The molecule has 1 aliphatic rings. The molecule has 0 radical (unpaired) electrons. The Hall–Kier alpha value is -0.910. The third kappa shape index (κ3) is 4.11. The number of ether oxygens (including phenoxy) is 2. The van der Waals surface area contributed by atoms with Gasteiger partial charge in [0.05, 0.1) is 31.5 Å². The predicted molar refractivity (Wildman–Crippen MR) is 64.9 cm³/mol. The summed E-state index contributed by atoms with van der Waals surface area (Å²) in [6.07, 6.45) is 3.86. The molecule has 1 aromatic heterocycles. The van der Waals surface area contributed by atoms with Gasteiger partial charge in [-0.3, -0.25) is 4.68 Å². The van der Waals surface area contributed by atoms with Gasteiger partial charge in [0.1, 0.15) is 0 Å². The average molecular weight is 239 g/mol. The normalized spacial score (nSPS) is 23.8. The lowest BCUT2D eigenvalue weighted by Crippen LogP contribution is -2.51. The van der Waals surface area contributed by atoms with Crippen LogP contribution in [-0.4, -0.2) is 47.8 Å². The first-order valence-electron chi connectivity index (χ1n) is 6.09. The highest BCUT2D eigenvalue weighted by Crippen LogP contribution is 2.15. The van der Waals surface area contributed by atoms with E-state index in [0.717, 1.165) is 19.6 Å². The molecule has 2 rings (SSSR count). The fraction of sp³-hybridized carbons (Fsp3) is 0.750. The predicted octanol–water partition coefficient (Wildman–Crippen LogP) is 0.667. The fourth-order valence-electron chi connectivity index (χ4n) is 1.97. The number of rotatable bonds is 5. The van der Waals surface area contributed by atoms with Gasteiger partial charge in [-0.25, -0.2) is 0 Å². The maximum Gasteiger partial charge on any atom is 0.0940 e. The Labute approximate surface area is 102 Å². The van der Waals surface area contributed by atoms with E-state index >= 15 is 0 Å². The Morgan fingerprint density at radius 3 is 3.18 bits per heavy atom. The van der Waals surface area contributed by atoms with Gasteiger partial charge in [-0.2, -0.15) is 5.10 Å². The first kappa shape index (κ1) is 12.5. The van der Waals surface area contributed by atoms with Gasteiger partial charge in [-0.15, -0.1) is 0 Å². The zero-order valence-electron chi connectivity index (χ0n) is 10.6. The van der Waals surface area contributed by atoms with Crippen LogP contribution in [0.1, 0.15) is 13.8 Å². The molecule has 2 heterocycles. The fourth-order valence-corrected chi connectivity index (χ4v) is 1.97. The van der Waals surface area contributed by atoms with Crippen LogP contribution in [0.3, 0.4) is 0 Å². The number of morpholine rings is 1. The van der Waals surface area contributed by atoms with E-state index in [4.69, 9.17) is 9.47 Å². The molecular weight excluding hydrogens is 218 g/mol. The molecule has 1 aromatic rings. The van der Waals surface area contributed by atoms with Crippen molar-refractivity contribution in [3.63, 3.8) is 0 Å². The van der Waals surface area contributed by atoms with E-state index in [1.807, 2.05) is 16.9 Å². The molecule has 0 spiro atoms. The van der Waals surface area contributed by atoms with Crippen molar-refractivity contribution in [1.29, 1.82) is 0 Å². The van der Waals surface area contributed by atoms with Crippen LogP contribution < -0.4 is 5.32 Å². The van der Waals surface area contributed by atoms with Crippen molar-refractivity contribution in [2.24, 2.45) is 0 Å². The highest BCUT2D eigenvalue weighted by Gasteiger charge is 2.28. The molecule has 5 nitrogen and oxygen atoms in total. The third-order valence-electron chi connectivity index (χ3n) is 2.74. The molecular formula is C12H21N3O2. The van der Waals surface area contributed by atoms with Crippen LogP contribution in [0.15, 0.2) is 18.5 Å². The summed E-state index contributed by atoms with van der Waals surface area (Å²) in [5.74, 6) is 0. The van der Waals surface area contributed by atoms with Crippen molar-refractivity contribution in [2.75, 3.05) is 26.3 Å². The SMILES string of the molecule is CC1(C)CNCC(COCCn2cccn2)O1. The zero-order chi connectivity index (χ0) is 12.1. The van der Waals surface area contributed by atoms with Crippen molar-refractivity contribution in [3.8, 4) is 0 Å². The van der Waals surface area contributed by atoms with Crippen molar-refractivity contribution in [2.45, 2.75) is 32.1 Å². The van der Waals surface area contributed by atoms with Gasteiger partial charge >= 0.3 is 0 Å². The lowest BCUT2D eigenvalue weighted by Gasteiger charge is -2.36. The molecule has 1 N–H and O–H groups in total. The van der Waals surface area contributed by atoms with Gasteiger partial charge in [0.2, 0.25) is 0 Å². The maximum absolute atomic E-state index is 5.90. The minimum atomic E-state index is -0.0890. The van der Waals surface area contributed by atoms with E-state index < -0.39 is 0 Å². The van der Waals surface area contributed by atoms with Crippen LogP contribution in [0.4, 0.5) is 0 Å². The molecule has 0 saturated carbocycles. The summed E-state index contributed by atoms with van der Waals surface area (Å²) in [5.41, 5.74) is -0.0890. The average Bonchev–Trinajstić information content (AvgIpc) is 2.76. The number of nitrogens with zero attached hydrogens (tertiary/aromatic N) is 2. The van der Waals surface area contributed by atoms with Crippen molar-refractivity contribution in [1.82, 2.24) is 15.1 Å². The van der Waals surface area contributed by atoms with Gasteiger partial charge in [-0.1, -0.05) is 0 Å². The van der Waals surface area contributed by atoms with E-state index in [1.54, 1.807) is 6.20 Å². The minimum Gasteiger partial charge on any atom is -0.377 e. The number of nitrogens with one attached hydrogen (secondary N) is 1. The minimum absolute atomic E-state index is 0.0890. The molecule has 0 amide bonds. The van der Waals surface area contributed by atoms with Crippen LogP contribution in [0.5, 0.6) is 0 Å². The van der Waals surface area contributed by atoms with E-state index in [1.165, 1.54) is 0 Å². The summed E-state index contributed by atoms with van der Waals surface area (Å²) in [7, 11) is 0. The Bertz CT molecular complexity index is 325. The summed E-state index contributed by atoms with van der Waals surface area (Å²) in [4.78, 5) is 0. The van der Waals surface area contributed by atoms with Crippen LogP contribution >= 0.6 is 0 Å². The Morgan fingerprint density at radius 2 is 2.47 bits per heavy atom. The molecule has 1 fully saturated rings. The topological polar surface area (TPSA) is 48.3 Å². The lowest BCUT2D eigenvalue weighted by molar-refractivity contribution is -0.120. The molecule has 0 aromatic carbocycles. The van der Waals surface area contributed by atoms with E-state index in [0.29, 0.717) is 13.2 Å². The Morgan fingerprint density at radius 1 is 1.59 bits per heavy atom. The second-order valence-electron chi connectivity index (χ2n) is 4.97. The molecule has 0 bridgehead atoms. The Kier molecular flexibility index (Phi) is 4.15. The van der Waals surface area contributed by atoms with Crippen molar-refractivity contribution >= 4 is 0 Å². The molecule has 1 saturated heterocycles. The van der Waals surface area contributed by atoms with Gasteiger partial charge in [-0.05, 0) is 19.9 Å². The molecule has 5 heteroatoms. The van der Waals surface area contributed by atoms with Crippen LogP contribution in [0.2, 0.25) is 0 Å². The maximum atomic E-state index is 5.90. The van der Waals surface area contributed by atoms with E-state index in [2.05, 4.69) is 24.3 Å². The van der Waals surface area contributed by atoms with Gasteiger partial charge in [0, 0.05) is 25.5 Å². The first-order valence-corrected chi connectivity index (χ1v) is 6.09. The van der Waals surface area contributed by atoms with E-state index in [-0.39, 0.29) is 11.7 Å². The van der Waals surface area contributed by atoms with Gasteiger partial charge in [0.15, 0.2) is 0 Å². The third-order valence-corrected chi connectivity index (χ3v) is 2.74. The molecule has 17 heavy (non-hydrogen) atoms. The second-order valence-corrected chi connectivity index (χ2v) is 4.97. The van der Waals surface area contributed by atoms with E-state index in [9.17, 15) is 0 Å². The van der Waals surface area contributed by atoms with Crippen LogP contribution in [0, 0.1) is 0 Å². The number of hydrogen-bond acceptors (Lipinski definition) is 4. The molecule has 0 aliphatic carbocycles. The molecule has 1 atom stereocenters. The van der Waals surface area contributed by atoms with Crippen LogP contribution in [-0.2, 0) is 16.0 Å². The van der Waals surface area contributed by atoms with Crippen molar-refractivity contribution < 1.29 is 9.47 Å². The molecule has 1 unspecified atom stereocenters. The summed E-state index contributed by atoms with van der Waals surface area (Å²) in [5, 5.41) is 7.47. The quantitative estimate of drug-likeness (QED) is 0.767. The smallest absolute Gasteiger partial charge is 0.0940 e. The summed E-state index contributed by atoms with van der Waals surface area (Å²) in [6, 6.07) is 1.91. The largest absolute Gasteiger partial charge is 0.377 e. The number of hydrogen-bond donors (Lipinski definition) is 1. The highest BCUT2D eigenvalue weighted by molar-refractivity contribution is 4.81. The summed E-state index contributed by atoms with van der Waals surface area (Å²) < 4.78 is 13.4. The lowest BCUT2D eigenvalue weighted by atomic mass is 10.1. The monoisotopic (exact) mass is 239 g/mol. The molecule has 1 aliphatic heterocycles. The van der Waals surface area contributed by atoms with Gasteiger partial charge in [0.25, 0.3) is 0 Å². The number of aromatic nitrogens is 2.